The SMILES string of the molecule is CN1C(C)(C)CC(Nc2nc(Cl)nc(NC3CC(C)(C)N(C)C(C)(C)C3)n2)CC1(C)C. The van der Waals surface area contributed by atoms with E-state index in [9.17, 15) is 0 Å². The van der Waals surface area contributed by atoms with Crippen LogP contribution in [0.1, 0.15) is 81.1 Å². The van der Waals surface area contributed by atoms with Crippen molar-refractivity contribution in [1.82, 2.24) is 24.8 Å². The van der Waals surface area contributed by atoms with Gasteiger partial charge < -0.3 is 10.6 Å². The van der Waals surface area contributed by atoms with Gasteiger partial charge in [0.25, 0.3) is 0 Å². The van der Waals surface area contributed by atoms with Crippen molar-refractivity contribution in [2.24, 2.45) is 0 Å². The minimum absolute atomic E-state index is 0.0859. The van der Waals surface area contributed by atoms with Crippen molar-refractivity contribution in [3.8, 4) is 0 Å². The fraction of sp³-hybridized carbons (Fsp3) is 0.870. The number of piperidine rings is 2. The first-order valence-corrected chi connectivity index (χ1v) is 11.8. The summed E-state index contributed by atoms with van der Waals surface area (Å²) in [4.78, 5) is 18.4. The predicted molar refractivity (Wildman–Crippen MR) is 130 cm³/mol. The molecule has 0 bridgehead atoms. The minimum atomic E-state index is 0.0859. The highest BCUT2D eigenvalue weighted by Gasteiger charge is 2.44. The van der Waals surface area contributed by atoms with Crippen LogP contribution in [-0.4, -0.2) is 73.1 Å². The zero-order valence-corrected chi connectivity index (χ0v) is 21.9. The second-order valence-corrected chi connectivity index (χ2v) is 12.5. The summed E-state index contributed by atoms with van der Waals surface area (Å²) < 4.78 is 0. The molecular weight excluding hydrogens is 410 g/mol. The maximum atomic E-state index is 6.30. The van der Waals surface area contributed by atoms with Gasteiger partial charge in [-0.2, -0.15) is 15.0 Å². The van der Waals surface area contributed by atoms with E-state index in [4.69, 9.17) is 16.6 Å². The van der Waals surface area contributed by atoms with Crippen molar-refractivity contribution in [3.63, 3.8) is 0 Å². The summed E-state index contributed by atoms with van der Waals surface area (Å²) >= 11 is 6.30. The van der Waals surface area contributed by atoms with Crippen LogP contribution in [-0.2, 0) is 0 Å². The van der Waals surface area contributed by atoms with Crippen LogP contribution in [0.3, 0.4) is 0 Å². The van der Waals surface area contributed by atoms with Gasteiger partial charge in [-0.25, -0.2) is 0 Å². The fourth-order valence-corrected chi connectivity index (χ4v) is 5.95. The molecule has 3 rings (SSSR count). The number of likely N-dealkylation sites (tertiary alicyclic amines) is 2. The highest BCUT2D eigenvalue weighted by atomic mass is 35.5. The van der Waals surface area contributed by atoms with Crippen LogP contribution < -0.4 is 10.6 Å². The van der Waals surface area contributed by atoms with Gasteiger partial charge in [0, 0.05) is 34.2 Å². The lowest BCUT2D eigenvalue weighted by Gasteiger charge is -2.53. The van der Waals surface area contributed by atoms with Gasteiger partial charge >= 0.3 is 0 Å². The zero-order valence-electron chi connectivity index (χ0n) is 21.1. The van der Waals surface area contributed by atoms with E-state index in [-0.39, 0.29) is 39.5 Å². The van der Waals surface area contributed by atoms with E-state index in [1.54, 1.807) is 0 Å². The first kappa shape index (κ1) is 24.5. The first-order valence-electron chi connectivity index (χ1n) is 11.4. The van der Waals surface area contributed by atoms with E-state index in [1.807, 2.05) is 0 Å². The van der Waals surface area contributed by atoms with Crippen molar-refractivity contribution in [1.29, 1.82) is 0 Å². The third-order valence-corrected chi connectivity index (χ3v) is 8.06. The summed E-state index contributed by atoms with van der Waals surface area (Å²) in [5.74, 6) is 1.10. The Morgan fingerprint density at radius 1 is 0.645 bits per heavy atom. The number of hydrogen-bond acceptors (Lipinski definition) is 7. The summed E-state index contributed by atoms with van der Waals surface area (Å²) in [5, 5.41) is 7.32. The molecule has 0 aliphatic carbocycles. The second kappa shape index (κ2) is 7.99. The number of hydrogen-bond donors (Lipinski definition) is 2. The number of nitrogens with one attached hydrogen (secondary N) is 2. The Labute approximate surface area is 193 Å². The molecule has 2 aliphatic heterocycles. The smallest absolute Gasteiger partial charge is 0.229 e. The molecule has 8 heteroatoms. The Morgan fingerprint density at radius 3 is 1.23 bits per heavy atom. The molecule has 3 heterocycles. The van der Waals surface area contributed by atoms with Crippen LogP contribution in [0.15, 0.2) is 0 Å². The number of nitrogens with zero attached hydrogens (tertiary/aromatic N) is 5. The molecule has 2 fully saturated rings. The molecule has 0 spiro atoms. The van der Waals surface area contributed by atoms with Gasteiger partial charge in [-0.1, -0.05) is 0 Å². The van der Waals surface area contributed by atoms with Crippen LogP contribution in [0.25, 0.3) is 0 Å². The highest BCUT2D eigenvalue weighted by molar-refractivity contribution is 6.28. The molecule has 0 saturated carbocycles. The lowest BCUT2D eigenvalue weighted by atomic mass is 9.77. The van der Waals surface area contributed by atoms with Crippen LogP contribution >= 0.6 is 11.6 Å². The molecule has 7 nitrogen and oxygen atoms in total. The predicted octanol–water partition coefficient (Wildman–Crippen LogP) is 4.65. The maximum Gasteiger partial charge on any atom is 0.229 e. The summed E-state index contributed by atoms with van der Waals surface area (Å²) in [6.45, 7) is 18.3. The van der Waals surface area contributed by atoms with Gasteiger partial charge in [-0.15, -0.1) is 0 Å². The monoisotopic (exact) mass is 451 g/mol. The highest BCUT2D eigenvalue weighted by Crippen LogP contribution is 2.39. The normalized spacial score (nSPS) is 26.5. The van der Waals surface area contributed by atoms with Crippen molar-refractivity contribution in [3.05, 3.63) is 5.28 Å². The van der Waals surface area contributed by atoms with Crippen molar-refractivity contribution < 1.29 is 0 Å². The molecular formula is C23H42ClN7. The fourth-order valence-electron chi connectivity index (χ4n) is 5.79. The largest absolute Gasteiger partial charge is 0.351 e. The van der Waals surface area contributed by atoms with Crippen LogP contribution in [0.4, 0.5) is 11.9 Å². The third kappa shape index (κ3) is 5.25. The van der Waals surface area contributed by atoms with E-state index in [0.717, 1.165) is 25.7 Å². The van der Waals surface area contributed by atoms with Gasteiger partial charge in [0.2, 0.25) is 17.2 Å². The Hall–Kier alpha value is -1.18. The van der Waals surface area contributed by atoms with Crippen molar-refractivity contribution in [2.75, 3.05) is 24.7 Å². The Bertz CT molecular complexity index is 707. The summed E-state index contributed by atoms with van der Waals surface area (Å²) in [7, 11) is 4.42. The molecule has 176 valence electrons. The van der Waals surface area contributed by atoms with E-state index in [1.165, 1.54) is 0 Å². The molecule has 0 amide bonds. The van der Waals surface area contributed by atoms with E-state index in [0.29, 0.717) is 11.9 Å². The van der Waals surface area contributed by atoms with Gasteiger partial charge in [0.1, 0.15) is 0 Å². The van der Waals surface area contributed by atoms with Crippen molar-refractivity contribution >= 4 is 23.5 Å². The van der Waals surface area contributed by atoms with Gasteiger partial charge in [0.15, 0.2) is 0 Å². The number of rotatable bonds is 4. The number of aromatic nitrogens is 3. The Balaban J connectivity index is 1.75. The summed E-state index contributed by atoms with van der Waals surface area (Å²) in [5.41, 5.74) is 0.344. The third-order valence-electron chi connectivity index (χ3n) is 7.89. The van der Waals surface area contributed by atoms with Crippen LogP contribution in [0.5, 0.6) is 0 Å². The summed E-state index contributed by atoms with van der Waals surface area (Å²) in [6, 6.07) is 0.544. The molecule has 0 unspecified atom stereocenters. The lowest BCUT2D eigenvalue weighted by Crippen LogP contribution is -2.61. The first-order chi connectivity index (χ1) is 14.0. The Kier molecular flexibility index (Phi) is 6.31. The van der Waals surface area contributed by atoms with Crippen LogP contribution in [0.2, 0.25) is 5.28 Å². The minimum Gasteiger partial charge on any atom is -0.351 e. The average Bonchev–Trinajstić information content (AvgIpc) is 2.56. The topological polar surface area (TPSA) is 69.2 Å². The van der Waals surface area contributed by atoms with E-state index < -0.39 is 0 Å². The number of anilines is 2. The molecule has 1 aromatic rings. The quantitative estimate of drug-likeness (QED) is 0.690. The zero-order chi connectivity index (χ0) is 23.4. The van der Waals surface area contributed by atoms with Gasteiger partial charge in [0.05, 0.1) is 0 Å². The van der Waals surface area contributed by atoms with Crippen molar-refractivity contribution in [2.45, 2.75) is 115 Å². The van der Waals surface area contributed by atoms with E-state index >= 15 is 0 Å². The molecule has 31 heavy (non-hydrogen) atoms. The number of halogens is 1. The second-order valence-electron chi connectivity index (χ2n) is 12.1. The molecule has 2 N–H and O–H groups in total. The molecule has 2 saturated heterocycles. The average molecular weight is 452 g/mol. The standard InChI is InChI=1S/C23H42ClN7/c1-20(2)11-15(12-21(3,4)30(20)9)25-18-27-17(24)28-19(29-18)26-16-13-22(5,6)31(10)23(7,8)14-16/h15-16H,11-14H2,1-10H3,(H2,25,26,27,28,29). The molecule has 1 aromatic heterocycles. The van der Waals surface area contributed by atoms with Crippen LogP contribution in [0, 0.1) is 0 Å². The molecule has 0 atom stereocenters. The lowest BCUT2D eigenvalue weighted by molar-refractivity contribution is -0.00791. The Morgan fingerprint density at radius 2 is 0.935 bits per heavy atom. The maximum absolute atomic E-state index is 6.30. The van der Waals surface area contributed by atoms with E-state index in [2.05, 4.69) is 99.9 Å². The molecule has 2 aliphatic rings. The summed E-state index contributed by atoms with van der Waals surface area (Å²) in [6.07, 6.45) is 4.04. The molecule has 0 aromatic carbocycles. The molecule has 0 radical (unpaired) electrons. The van der Waals surface area contributed by atoms with Gasteiger partial charge in [-0.3, -0.25) is 9.80 Å². The van der Waals surface area contributed by atoms with Gasteiger partial charge in [-0.05, 0) is 107 Å².